The van der Waals surface area contributed by atoms with Crippen LogP contribution in [0.3, 0.4) is 0 Å². The van der Waals surface area contributed by atoms with Crippen LogP contribution in [0.2, 0.25) is 0 Å². The van der Waals surface area contributed by atoms with Crippen LogP contribution in [0.25, 0.3) is 0 Å². The molecule has 104 valence electrons. The van der Waals surface area contributed by atoms with Crippen LogP contribution in [-0.2, 0) is 4.79 Å². The van der Waals surface area contributed by atoms with Crippen molar-refractivity contribution < 1.29 is 9.72 Å². The summed E-state index contributed by atoms with van der Waals surface area (Å²) in [6, 6.07) is 6.28. The second kappa shape index (κ2) is 5.57. The quantitative estimate of drug-likeness (QED) is 0.665. The van der Waals surface area contributed by atoms with E-state index < -0.39 is 4.92 Å². The Kier molecular flexibility index (Phi) is 3.84. The molecule has 7 heteroatoms. The van der Waals surface area contributed by atoms with Gasteiger partial charge < -0.3 is 10.2 Å². The second-order valence-corrected chi connectivity index (χ2v) is 4.76. The van der Waals surface area contributed by atoms with Crippen LogP contribution in [0.1, 0.15) is 18.4 Å². The first-order valence-corrected chi connectivity index (χ1v) is 6.20. The number of nitrogens with zero attached hydrogens (tertiary/aromatic N) is 3. The highest BCUT2D eigenvalue weighted by Crippen LogP contribution is 2.24. The van der Waals surface area contributed by atoms with E-state index in [1.807, 2.05) is 0 Å². The van der Waals surface area contributed by atoms with Crippen LogP contribution >= 0.6 is 0 Å². The molecule has 0 saturated carbocycles. The van der Waals surface area contributed by atoms with Gasteiger partial charge in [-0.05, 0) is 18.6 Å². The SMILES string of the molecule is CN1CC(Nc2ccc(C#N)c([N+](=O)[O-])c2)CCC1=O. The average Bonchev–Trinajstić information content (AvgIpc) is 2.43. The Hall–Kier alpha value is -2.62. The fourth-order valence-electron chi connectivity index (χ4n) is 2.23. The third-order valence-electron chi connectivity index (χ3n) is 3.31. The van der Waals surface area contributed by atoms with Crippen molar-refractivity contribution in [1.82, 2.24) is 4.90 Å². The minimum atomic E-state index is -0.569. The highest BCUT2D eigenvalue weighted by molar-refractivity contribution is 5.77. The van der Waals surface area contributed by atoms with Gasteiger partial charge in [-0.2, -0.15) is 5.26 Å². The maximum Gasteiger partial charge on any atom is 0.289 e. The molecule has 1 aromatic rings. The molecular weight excluding hydrogens is 260 g/mol. The number of hydrogen-bond donors (Lipinski definition) is 1. The van der Waals surface area contributed by atoms with Gasteiger partial charge in [-0.1, -0.05) is 0 Å². The first-order chi connectivity index (χ1) is 9.51. The predicted octanol–water partition coefficient (Wildman–Crippen LogP) is 1.50. The Bertz CT molecular complexity index is 594. The molecule has 1 unspecified atom stereocenters. The lowest BCUT2D eigenvalue weighted by atomic mass is 10.0. The van der Waals surface area contributed by atoms with Crippen molar-refractivity contribution in [2.45, 2.75) is 18.9 Å². The average molecular weight is 274 g/mol. The van der Waals surface area contributed by atoms with E-state index in [1.165, 1.54) is 12.1 Å². The topological polar surface area (TPSA) is 99.3 Å². The Labute approximate surface area is 115 Å². The van der Waals surface area contributed by atoms with Gasteiger partial charge in [0.25, 0.3) is 5.69 Å². The smallest absolute Gasteiger partial charge is 0.289 e. The fraction of sp³-hybridized carbons (Fsp3) is 0.385. The summed E-state index contributed by atoms with van der Waals surface area (Å²) >= 11 is 0. The van der Waals surface area contributed by atoms with E-state index in [1.54, 1.807) is 24.1 Å². The molecule has 7 nitrogen and oxygen atoms in total. The first kappa shape index (κ1) is 13.8. The number of likely N-dealkylation sites (N-methyl/N-ethyl adjacent to an activating group) is 1. The van der Waals surface area contributed by atoms with Gasteiger partial charge in [0.2, 0.25) is 5.91 Å². The van der Waals surface area contributed by atoms with Crippen molar-refractivity contribution in [3.05, 3.63) is 33.9 Å². The molecule has 20 heavy (non-hydrogen) atoms. The number of amides is 1. The Morgan fingerprint density at radius 2 is 2.30 bits per heavy atom. The van der Waals surface area contributed by atoms with Crippen molar-refractivity contribution in [2.75, 3.05) is 18.9 Å². The molecule has 0 bridgehead atoms. The molecule has 1 amide bonds. The third-order valence-corrected chi connectivity index (χ3v) is 3.31. The Morgan fingerprint density at radius 1 is 1.55 bits per heavy atom. The van der Waals surface area contributed by atoms with Gasteiger partial charge in [-0.3, -0.25) is 14.9 Å². The number of nitrogens with one attached hydrogen (secondary N) is 1. The van der Waals surface area contributed by atoms with Gasteiger partial charge in [0, 0.05) is 37.8 Å². The summed E-state index contributed by atoms with van der Waals surface area (Å²) in [6.07, 6.45) is 1.16. The van der Waals surface area contributed by atoms with E-state index in [0.717, 1.165) is 0 Å². The van der Waals surface area contributed by atoms with Crippen molar-refractivity contribution in [2.24, 2.45) is 0 Å². The summed E-state index contributed by atoms with van der Waals surface area (Å²) in [5.74, 6) is 0.105. The molecule has 1 atom stereocenters. The summed E-state index contributed by atoms with van der Waals surface area (Å²) < 4.78 is 0. The van der Waals surface area contributed by atoms with E-state index in [0.29, 0.717) is 25.1 Å². The standard InChI is InChI=1S/C13H14N4O3/c1-16-8-11(4-5-13(16)18)15-10-3-2-9(7-14)12(6-10)17(19)20/h2-3,6,11,15H,4-5,8H2,1H3. The largest absolute Gasteiger partial charge is 0.380 e. The van der Waals surface area contributed by atoms with Crippen LogP contribution in [0, 0.1) is 21.4 Å². The summed E-state index contributed by atoms with van der Waals surface area (Å²) in [5.41, 5.74) is 0.415. The number of benzene rings is 1. The number of rotatable bonds is 3. The number of piperidine rings is 1. The van der Waals surface area contributed by atoms with Crippen molar-refractivity contribution in [1.29, 1.82) is 5.26 Å². The number of carbonyl (C=O) groups excluding carboxylic acids is 1. The summed E-state index contributed by atoms with van der Waals surface area (Å²) in [7, 11) is 1.73. The second-order valence-electron chi connectivity index (χ2n) is 4.76. The van der Waals surface area contributed by atoms with Crippen molar-refractivity contribution in [3.63, 3.8) is 0 Å². The Morgan fingerprint density at radius 3 is 2.90 bits per heavy atom. The lowest BCUT2D eigenvalue weighted by Gasteiger charge is -2.30. The molecule has 1 N–H and O–H groups in total. The van der Waals surface area contributed by atoms with Gasteiger partial charge in [0.1, 0.15) is 11.6 Å². The lowest BCUT2D eigenvalue weighted by Crippen LogP contribution is -2.43. The van der Waals surface area contributed by atoms with E-state index in [2.05, 4.69) is 5.32 Å². The van der Waals surface area contributed by atoms with E-state index in [-0.39, 0.29) is 23.2 Å². The summed E-state index contributed by atoms with van der Waals surface area (Å²) in [4.78, 5) is 23.4. The molecule has 1 fully saturated rings. The minimum absolute atomic E-state index is 0.0384. The number of carbonyl (C=O) groups is 1. The molecule has 0 aliphatic carbocycles. The lowest BCUT2D eigenvalue weighted by molar-refractivity contribution is -0.385. The zero-order valence-electron chi connectivity index (χ0n) is 11.0. The van der Waals surface area contributed by atoms with Crippen LogP contribution in [0.4, 0.5) is 11.4 Å². The Balaban J connectivity index is 2.14. The van der Waals surface area contributed by atoms with E-state index in [4.69, 9.17) is 5.26 Å². The molecule has 1 saturated heterocycles. The minimum Gasteiger partial charge on any atom is -0.380 e. The summed E-state index contributed by atoms with van der Waals surface area (Å²) in [5, 5.41) is 22.9. The molecule has 1 aliphatic rings. The van der Waals surface area contributed by atoms with E-state index >= 15 is 0 Å². The normalized spacial score (nSPS) is 18.5. The first-order valence-electron chi connectivity index (χ1n) is 6.20. The molecule has 2 rings (SSSR count). The molecule has 1 aromatic carbocycles. The monoisotopic (exact) mass is 274 g/mol. The van der Waals surface area contributed by atoms with Gasteiger partial charge in [0.15, 0.2) is 0 Å². The van der Waals surface area contributed by atoms with Crippen LogP contribution in [0.5, 0.6) is 0 Å². The molecule has 0 aromatic heterocycles. The maximum atomic E-state index is 11.4. The van der Waals surface area contributed by atoms with Crippen LogP contribution in [-0.4, -0.2) is 35.4 Å². The summed E-state index contributed by atoms with van der Waals surface area (Å²) in [6.45, 7) is 0.562. The highest BCUT2D eigenvalue weighted by atomic mass is 16.6. The zero-order chi connectivity index (χ0) is 14.7. The van der Waals surface area contributed by atoms with Crippen LogP contribution < -0.4 is 5.32 Å². The number of hydrogen-bond acceptors (Lipinski definition) is 5. The highest BCUT2D eigenvalue weighted by Gasteiger charge is 2.23. The molecule has 0 spiro atoms. The number of nitro benzene ring substituents is 1. The van der Waals surface area contributed by atoms with Crippen molar-refractivity contribution >= 4 is 17.3 Å². The number of nitriles is 1. The molecule has 1 heterocycles. The van der Waals surface area contributed by atoms with Crippen LogP contribution in [0.15, 0.2) is 18.2 Å². The number of anilines is 1. The predicted molar refractivity (Wildman–Crippen MR) is 72.1 cm³/mol. The zero-order valence-corrected chi connectivity index (χ0v) is 11.0. The van der Waals surface area contributed by atoms with E-state index in [9.17, 15) is 14.9 Å². The third kappa shape index (κ3) is 2.85. The van der Waals surface area contributed by atoms with Crippen molar-refractivity contribution in [3.8, 4) is 6.07 Å². The number of likely N-dealkylation sites (tertiary alicyclic amines) is 1. The molecular formula is C13H14N4O3. The van der Waals surface area contributed by atoms with Gasteiger partial charge in [-0.25, -0.2) is 0 Å². The molecule has 0 radical (unpaired) electrons. The fourth-order valence-corrected chi connectivity index (χ4v) is 2.23. The van der Waals surface area contributed by atoms with Gasteiger partial charge >= 0.3 is 0 Å². The maximum absolute atomic E-state index is 11.4. The van der Waals surface area contributed by atoms with Gasteiger partial charge in [0.05, 0.1) is 4.92 Å². The van der Waals surface area contributed by atoms with Gasteiger partial charge in [-0.15, -0.1) is 0 Å². The number of nitro groups is 1. The molecule has 1 aliphatic heterocycles.